The minimum atomic E-state index is -3.99. The zero-order valence-corrected chi connectivity index (χ0v) is 13.7. The summed E-state index contributed by atoms with van der Waals surface area (Å²) in [4.78, 5) is 8.01. The number of anilines is 1. The molecule has 0 amide bonds. The van der Waals surface area contributed by atoms with Crippen LogP contribution in [0, 0.1) is 6.92 Å². The van der Waals surface area contributed by atoms with Gasteiger partial charge < -0.3 is 9.92 Å². The van der Waals surface area contributed by atoms with Crippen molar-refractivity contribution in [2.75, 3.05) is 5.73 Å². The standard InChI is InChI=1S/C17H15N3O3S/c1-12-7-9-14(10-8-12)24(21,22)23-16-11-15(19-17(18)20-16)13-5-3-2-4-6-13/h2-11H,1H3,(H2,18,19,20). The molecule has 24 heavy (non-hydrogen) atoms. The number of nitrogens with two attached hydrogens (primary N) is 1. The van der Waals surface area contributed by atoms with Crippen molar-refractivity contribution in [1.29, 1.82) is 0 Å². The van der Waals surface area contributed by atoms with Gasteiger partial charge in [-0.05, 0) is 19.1 Å². The maximum atomic E-state index is 12.3. The van der Waals surface area contributed by atoms with Gasteiger partial charge >= 0.3 is 10.1 Å². The van der Waals surface area contributed by atoms with Crippen LogP contribution in [-0.4, -0.2) is 18.4 Å². The molecule has 7 heteroatoms. The molecule has 6 nitrogen and oxygen atoms in total. The third-order valence-electron chi connectivity index (χ3n) is 3.29. The molecule has 0 saturated carbocycles. The van der Waals surface area contributed by atoms with E-state index in [4.69, 9.17) is 9.92 Å². The normalized spacial score (nSPS) is 11.2. The summed E-state index contributed by atoms with van der Waals surface area (Å²) in [5.74, 6) is -0.188. The summed E-state index contributed by atoms with van der Waals surface area (Å²) in [5, 5.41) is 0. The van der Waals surface area contributed by atoms with E-state index in [1.54, 1.807) is 12.1 Å². The molecular formula is C17H15N3O3S. The van der Waals surface area contributed by atoms with Gasteiger partial charge in [0.1, 0.15) is 4.90 Å². The van der Waals surface area contributed by atoms with Crippen molar-refractivity contribution in [3.8, 4) is 17.1 Å². The SMILES string of the molecule is Cc1ccc(S(=O)(=O)Oc2cc(-c3ccccc3)nc(N)n2)cc1. The average molecular weight is 341 g/mol. The number of aromatic nitrogens is 2. The summed E-state index contributed by atoms with van der Waals surface area (Å²) in [7, 11) is -3.99. The van der Waals surface area contributed by atoms with Gasteiger partial charge in [0.05, 0.1) is 5.69 Å². The number of nitrogen functional groups attached to an aromatic ring is 1. The number of benzene rings is 2. The summed E-state index contributed by atoms with van der Waals surface area (Å²) >= 11 is 0. The van der Waals surface area contributed by atoms with Gasteiger partial charge in [-0.2, -0.15) is 13.4 Å². The number of aryl methyl sites for hydroxylation is 1. The van der Waals surface area contributed by atoms with Gasteiger partial charge in [-0.3, -0.25) is 0 Å². The maximum absolute atomic E-state index is 12.3. The molecule has 0 aliphatic carbocycles. The zero-order valence-electron chi connectivity index (χ0n) is 12.9. The fourth-order valence-corrected chi connectivity index (χ4v) is 2.98. The van der Waals surface area contributed by atoms with E-state index in [1.165, 1.54) is 18.2 Å². The van der Waals surface area contributed by atoms with E-state index in [-0.39, 0.29) is 16.7 Å². The molecule has 2 N–H and O–H groups in total. The van der Waals surface area contributed by atoms with Crippen molar-refractivity contribution in [2.24, 2.45) is 0 Å². The smallest absolute Gasteiger partial charge is 0.340 e. The van der Waals surface area contributed by atoms with E-state index in [9.17, 15) is 8.42 Å². The van der Waals surface area contributed by atoms with Gasteiger partial charge in [-0.25, -0.2) is 4.98 Å². The Morgan fingerprint density at radius 3 is 2.29 bits per heavy atom. The lowest BCUT2D eigenvalue weighted by atomic mass is 10.1. The predicted molar refractivity (Wildman–Crippen MR) is 90.9 cm³/mol. The van der Waals surface area contributed by atoms with Crippen LogP contribution in [0.4, 0.5) is 5.95 Å². The molecule has 3 aromatic rings. The molecule has 0 bridgehead atoms. The van der Waals surface area contributed by atoms with Crippen molar-refractivity contribution in [2.45, 2.75) is 11.8 Å². The van der Waals surface area contributed by atoms with Crippen molar-refractivity contribution in [1.82, 2.24) is 9.97 Å². The van der Waals surface area contributed by atoms with Crippen LogP contribution in [0.15, 0.2) is 65.6 Å². The lowest BCUT2D eigenvalue weighted by Gasteiger charge is -2.08. The van der Waals surface area contributed by atoms with Crippen molar-refractivity contribution in [3.05, 3.63) is 66.2 Å². The first kappa shape index (κ1) is 15.9. The highest BCUT2D eigenvalue weighted by molar-refractivity contribution is 7.87. The summed E-state index contributed by atoms with van der Waals surface area (Å²) in [6.45, 7) is 1.87. The maximum Gasteiger partial charge on any atom is 0.340 e. The van der Waals surface area contributed by atoms with Crippen LogP contribution in [0.5, 0.6) is 5.88 Å². The first-order valence-electron chi connectivity index (χ1n) is 7.15. The number of hydrogen-bond donors (Lipinski definition) is 1. The first-order valence-corrected chi connectivity index (χ1v) is 8.56. The van der Waals surface area contributed by atoms with E-state index >= 15 is 0 Å². The van der Waals surface area contributed by atoms with E-state index in [0.717, 1.165) is 11.1 Å². The fraction of sp³-hybridized carbons (Fsp3) is 0.0588. The second-order valence-electron chi connectivity index (χ2n) is 5.17. The monoisotopic (exact) mass is 341 g/mol. The minimum Gasteiger partial charge on any atom is -0.368 e. The Morgan fingerprint density at radius 2 is 1.62 bits per heavy atom. The van der Waals surface area contributed by atoms with Gasteiger partial charge in [-0.1, -0.05) is 48.0 Å². The fourth-order valence-electron chi connectivity index (χ4n) is 2.11. The highest BCUT2D eigenvalue weighted by Gasteiger charge is 2.18. The van der Waals surface area contributed by atoms with Gasteiger partial charge in [0.25, 0.3) is 0 Å². The Morgan fingerprint density at radius 1 is 0.958 bits per heavy atom. The third kappa shape index (κ3) is 3.52. The zero-order chi connectivity index (χ0) is 17.2. The largest absolute Gasteiger partial charge is 0.368 e. The predicted octanol–water partition coefficient (Wildman–Crippen LogP) is 2.80. The summed E-state index contributed by atoms with van der Waals surface area (Å²) in [5.41, 5.74) is 7.89. The lowest BCUT2D eigenvalue weighted by molar-refractivity contribution is 0.476. The van der Waals surface area contributed by atoms with E-state index in [0.29, 0.717) is 5.69 Å². The summed E-state index contributed by atoms with van der Waals surface area (Å²) in [6.07, 6.45) is 0. The topological polar surface area (TPSA) is 95.2 Å². The molecule has 3 rings (SSSR count). The number of hydrogen-bond acceptors (Lipinski definition) is 6. The molecule has 1 heterocycles. The molecule has 0 spiro atoms. The van der Waals surface area contributed by atoms with Crippen molar-refractivity contribution >= 4 is 16.1 Å². The number of rotatable bonds is 4. The van der Waals surface area contributed by atoms with E-state index < -0.39 is 10.1 Å². The average Bonchev–Trinajstić information content (AvgIpc) is 2.55. The van der Waals surface area contributed by atoms with Crippen molar-refractivity contribution < 1.29 is 12.6 Å². The molecule has 0 saturated heterocycles. The Hall–Kier alpha value is -2.93. The molecule has 0 atom stereocenters. The van der Waals surface area contributed by atoms with Crippen LogP contribution < -0.4 is 9.92 Å². The van der Waals surface area contributed by atoms with Gasteiger partial charge in [0.15, 0.2) is 0 Å². The molecule has 0 fully saturated rings. The molecule has 0 unspecified atom stereocenters. The van der Waals surface area contributed by atoms with Gasteiger partial charge in [0, 0.05) is 11.6 Å². The molecule has 122 valence electrons. The summed E-state index contributed by atoms with van der Waals surface area (Å²) in [6, 6.07) is 17.0. The molecule has 0 aliphatic heterocycles. The van der Waals surface area contributed by atoms with Gasteiger partial charge in [0.2, 0.25) is 11.8 Å². The van der Waals surface area contributed by atoms with Gasteiger partial charge in [-0.15, -0.1) is 0 Å². The van der Waals surface area contributed by atoms with Crippen LogP contribution in [0.2, 0.25) is 0 Å². The van der Waals surface area contributed by atoms with E-state index in [2.05, 4.69) is 9.97 Å². The number of nitrogens with zero attached hydrogens (tertiary/aromatic N) is 2. The van der Waals surface area contributed by atoms with Crippen LogP contribution in [0.1, 0.15) is 5.56 Å². The minimum absolute atomic E-state index is 0.0477. The molecule has 1 aromatic heterocycles. The van der Waals surface area contributed by atoms with Crippen molar-refractivity contribution in [3.63, 3.8) is 0 Å². The molecular weight excluding hydrogens is 326 g/mol. The van der Waals surface area contributed by atoms with E-state index in [1.807, 2.05) is 37.3 Å². The molecule has 0 radical (unpaired) electrons. The highest BCUT2D eigenvalue weighted by atomic mass is 32.2. The first-order chi connectivity index (χ1) is 11.4. The second-order valence-corrected chi connectivity index (χ2v) is 6.71. The summed E-state index contributed by atoms with van der Waals surface area (Å²) < 4.78 is 29.8. The second kappa shape index (κ2) is 6.29. The van der Waals surface area contributed by atoms with Crippen LogP contribution in [-0.2, 0) is 10.1 Å². The van der Waals surface area contributed by atoms with Crippen LogP contribution in [0.25, 0.3) is 11.3 Å². The Labute approximate surface area is 140 Å². The quantitative estimate of drug-likeness (QED) is 0.733. The Kier molecular flexibility index (Phi) is 4.18. The molecule has 2 aromatic carbocycles. The molecule has 0 aliphatic rings. The Bertz CT molecular complexity index is 956. The highest BCUT2D eigenvalue weighted by Crippen LogP contribution is 2.24. The van der Waals surface area contributed by atoms with Crippen LogP contribution in [0.3, 0.4) is 0 Å². The Balaban J connectivity index is 1.95. The third-order valence-corrected chi connectivity index (χ3v) is 4.53. The lowest BCUT2D eigenvalue weighted by Crippen LogP contribution is -2.11. The van der Waals surface area contributed by atoms with Crippen LogP contribution >= 0.6 is 0 Å².